The monoisotopic (exact) mass is 546 g/mol. The molecule has 0 saturated heterocycles. The quantitative estimate of drug-likeness (QED) is 0.254. The van der Waals surface area contributed by atoms with Crippen LogP contribution in [0.15, 0.2) is 72.4 Å². The topological polar surface area (TPSA) is 133 Å². The lowest BCUT2D eigenvalue weighted by molar-refractivity contribution is -0.154. The summed E-state index contributed by atoms with van der Waals surface area (Å²) in [6.07, 6.45) is -0.372. The van der Waals surface area contributed by atoms with Gasteiger partial charge < -0.3 is 25.7 Å². The molecule has 1 aliphatic rings. The minimum atomic E-state index is -1.94. The lowest BCUT2D eigenvalue weighted by atomic mass is 10.0. The van der Waals surface area contributed by atoms with Crippen LogP contribution in [0, 0.1) is 0 Å². The number of thiazole rings is 1. The molecule has 0 bridgehead atoms. The molecular formula is C28H30N6O4S. The van der Waals surface area contributed by atoms with Gasteiger partial charge in [-0.25, -0.2) is 9.67 Å². The summed E-state index contributed by atoms with van der Waals surface area (Å²) >= 11 is 1.43. The highest BCUT2D eigenvalue weighted by Crippen LogP contribution is 2.39. The number of rotatable bonds is 9. The van der Waals surface area contributed by atoms with Gasteiger partial charge in [-0.3, -0.25) is 9.59 Å². The van der Waals surface area contributed by atoms with Crippen molar-refractivity contribution < 1.29 is 19.8 Å². The SMILES string of the molecule is CCNc1nc(C2c3ccccc3CN2C(=O)[C@H](O)[C@@H](O)C(=O)N[C@H](C)c2ccc(-n3cccn3)cc2)cs1. The van der Waals surface area contributed by atoms with Gasteiger partial charge >= 0.3 is 0 Å². The molecule has 0 saturated carbocycles. The van der Waals surface area contributed by atoms with Crippen LogP contribution >= 0.6 is 11.3 Å². The molecule has 0 spiro atoms. The Morgan fingerprint density at radius 1 is 1.10 bits per heavy atom. The van der Waals surface area contributed by atoms with Gasteiger partial charge in [-0.2, -0.15) is 5.10 Å². The van der Waals surface area contributed by atoms with Crippen molar-refractivity contribution in [1.82, 2.24) is 25.0 Å². The van der Waals surface area contributed by atoms with Crippen LogP contribution in [-0.4, -0.2) is 60.4 Å². The number of nitrogens with one attached hydrogen (secondary N) is 2. The van der Waals surface area contributed by atoms with Crippen molar-refractivity contribution in [2.45, 2.75) is 44.7 Å². The molecule has 4 atom stereocenters. The predicted molar refractivity (Wildman–Crippen MR) is 147 cm³/mol. The van der Waals surface area contributed by atoms with Gasteiger partial charge in [0.2, 0.25) is 0 Å². The normalized spacial score (nSPS) is 16.8. The second kappa shape index (κ2) is 11.4. The molecule has 3 heterocycles. The van der Waals surface area contributed by atoms with Crippen LogP contribution in [0.5, 0.6) is 0 Å². The van der Waals surface area contributed by atoms with Gasteiger partial charge in [0.05, 0.1) is 17.4 Å². The lowest BCUT2D eigenvalue weighted by Crippen LogP contribution is -2.50. The molecule has 0 fully saturated rings. The summed E-state index contributed by atoms with van der Waals surface area (Å²) in [4.78, 5) is 32.4. The molecule has 2 aromatic carbocycles. The first kappa shape index (κ1) is 26.5. The zero-order chi connectivity index (χ0) is 27.5. The Labute approximate surface area is 229 Å². The lowest BCUT2D eigenvalue weighted by Gasteiger charge is -2.28. The first-order chi connectivity index (χ1) is 18.9. The maximum absolute atomic E-state index is 13.5. The minimum absolute atomic E-state index is 0.234. The van der Waals surface area contributed by atoms with Crippen molar-refractivity contribution in [1.29, 1.82) is 0 Å². The zero-order valence-corrected chi connectivity index (χ0v) is 22.4. The molecule has 39 heavy (non-hydrogen) atoms. The number of carbonyl (C=O) groups is 2. The molecule has 4 aromatic rings. The molecule has 2 aromatic heterocycles. The van der Waals surface area contributed by atoms with Gasteiger partial charge in [0.15, 0.2) is 17.3 Å². The maximum atomic E-state index is 13.5. The number of benzene rings is 2. The number of amides is 2. The number of fused-ring (bicyclic) bond motifs is 1. The first-order valence-electron chi connectivity index (χ1n) is 12.7. The van der Waals surface area contributed by atoms with Crippen molar-refractivity contribution in [3.63, 3.8) is 0 Å². The predicted octanol–water partition coefficient (Wildman–Crippen LogP) is 2.79. The smallest absolute Gasteiger partial charge is 0.255 e. The van der Waals surface area contributed by atoms with E-state index in [0.29, 0.717) is 12.2 Å². The number of nitrogens with zero attached hydrogens (tertiary/aromatic N) is 4. The Morgan fingerprint density at radius 2 is 1.87 bits per heavy atom. The highest BCUT2D eigenvalue weighted by molar-refractivity contribution is 7.13. The molecule has 0 radical (unpaired) electrons. The second-order valence-corrected chi connectivity index (χ2v) is 10.2. The Balaban J connectivity index is 1.28. The number of anilines is 1. The van der Waals surface area contributed by atoms with E-state index in [1.807, 2.05) is 73.1 Å². The van der Waals surface area contributed by atoms with Crippen molar-refractivity contribution in [2.24, 2.45) is 0 Å². The van der Waals surface area contributed by atoms with Gasteiger partial charge in [-0.05, 0) is 48.7 Å². The highest BCUT2D eigenvalue weighted by Gasteiger charge is 2.41. The highest BCUT2D eigenvalue weighted by atomic mass is 32.1. The Bertz CT molecular complexity index is 1440. The molecule has 1 unspecified atom stereocenters. The minimum Gasteiger partial charge on any atom is -0.380 e. The van der Waals surface area contributed by atoms with Gasteiger partial charge in [-0.15, -0.1) is 11.3 Å². The van der Waals surface area contributed by atoms with Crippen LogP contribution in [0.1, 0.15) is 48.3 Å². The second-order valence-electron chi connectivity index (χ2n) is 9.34. The fourth-order valence-corrected chi connectivity index (χ4v) is 5.52. The van der Waals surface area contributed by atoms with Crippen LogP contribution in [0.25, 0.3) is 5.69 Å². The molecule has 1 aliphatic heterocycles. The van der Waals surface area contributed by atoms with Crippen LogP contribution in [-0.2, 0) is 16.1 Å². The number of hydrogen-bond acceptors (Lipinski definition) is 8. The van der Waals surface area contributed by atoms with Crippen molar-refractivity contribution in [3.05, 3.63) is 94.8 Å². The van der Waals surface area contributed by atoms with Crippen LogP contribution in [0.2, 0.25) is 0 Å². The summed E-state index contributed by atoms with van der Waals surface area (Å²) < 4.78 is 1.72. The van der Waals surface area contributed by atoms with E-state index in [9.17, 15) is 19.8 Å². The molecule has 202 valence electrons. The Hall–Kier alpha value is -4.06. The molecule has 4 N–H and O–H groups in total. The summed E-state index contributed by atoms with van der Waals surface area (Å²) in [5, 5.41) is 34.2. The van der Waals surface area contributed by atoms with E-state index in [-0.39, 0.29) is 6.54 Å². The van der Waals surface area contributed by atoms with Crippen LogP contribution in [0.3, 0.4) is 0 Å². The Morgan fingerprint density at radius 3 is 2.59 bits per heavy atom. The fraction of sp³-hybridized carbons (Fsp3) is 0.286. The number of aromatic nitrogens is 3. The van der Waals surface area contributed by atoms with E-state index in [4.69, 9.17) is 0 Å². The van der Waals surface area contributed by atoms with Crippen molar-refractivity contribution >= 4 is 28.3 Å². The van der Waals surface area contributed by atoms with Crippen molar-refractivity contribution in [3.8, 4) is 5.69 Å². The average molecular weight is 547 g/mol. The van der Waals surface area contributed by atoms with Gasteiger partial charge in [0, 0.05) is 30.9 Å². The molecule has 5 rings (SSSR count). The van der Waals surface area contributed by atoms with Crippen LogP contribution in [0.4, 0.5) is 5.13 Å². The summed E-state index contributed by atoms with van der Waals surface area (Å²) in [6, 6.07) is 15.9. The third-order valence-electron chi connectivity index (χ3n) is 6.76. The maximum Gasteiger partial charge on any atom is 0.255 e. The van der Waals surface area contributed by atoms with Gasteiger partial charge in [0.1, 0.15) is 6.04 Å². The van der Waals surface area contributed by atoms with Gasteiger partial charge in [0.25, 0.3) is 11.8 Å². The first-order valence-corrected chi connectivity index (χ1v) is 13.6. The van der Waals surface area contributed by atoms with E-state index in [0.717, 1.165) is 27.5 Å². The molecule has 2 amide bonds. The summed E-state index contributed by atoms with van der Waals surface area (Å²) in [5.41, 5.74) is 4.14. The number of carbonyl (C=O) groups excluding carboxylic acids is 2. The van der Waals surface area contributed by atoms with E-state index >= 15 is 0 Å². The zero-order valence-electron chi connectivity index (χ0n) is 21.6. The van der Waals surface area contributed by atoms with E-state index in [1.165, 1.54) is 16.2 Å². The fourth-order valence-electron chi connectivity index (χ4n) is 4.72. The molecule has 11 heteroatoms. The molecule has 0 aliphatic carbocycles. The summed E-state index contributed by atoms with van der Waals surface area (Å²) in [6.45, 7) is 4.68. The number of aliphatic hydroxyl groups excluding tert-OH is 2. The standard InChI is InChI=1S/C28H30N6O4S/c1-3-29-28-32-22(16-39-28)23-21-8-5-4-7-19(21)15-33(23)27(38)25(36)24(35)26(37)31-17(2)18-9-11-20(12-10-18)34-14-6-13-30-34/h4-14,16-17,23-25,35-36H,3,15H2,1-2H3,(H,29,32)(H,31,37)/t17-,23?,24-,25-/m1/s1. The van der Waals surface area contributed by atoms with Crippen molar-refractivity contribution in [2.75, 3.05) is 11.9 Å². The average Bonchev–Trinajstić information content (AvgIpc) is 3.72. The van der Waals surface area contributed by atoms with E-state index in [1.54, 1.807) is 17.8 Å². The van der Waals surface area contributed by atoms with E-state index in [2.05, 4.69) is 20.7 Å². The summed E-state index contributed by atoms with van der Waals surface area (Å²) in [7, 11) is 0. The van der Waals surface area contributed by atoms with Crippen LogP contribution < -0.4 is 10.6 Å². The third-order valence-corrected chi connectivity index (χ3v) is 7.57. The molecular weight excluding hydrogens is 516 g/mol. The summed E-state index contributed by atoms with van der Waals surface area (Å²) in [5.74, 6) is -1.58. The Kier molecular flexibility index (Phi) is 7.73. The number of aliphatic hydroxyl groups is 2. The number of hydrogen-bond donors (Lipinski definition) is 4. The van der Waals surface area contributed by atoms with Gasteiger partial charge in [-0.1, -0.05) is 36.4 Å². The third kappa shape index (κ3) is 5.42. The largest absolute Gasteiger partial charge is 0.380 e. The molecule has 10 nitrogen and oxygen atoms in total. The van der Waals surface area contributed by atoms with E-state index < -0.39 is 36.1 Å².